The van der Waals surface area contributed by atoms with E-state index in [0.29, 0.717) is 34.8 Å². The summed E-state index contributed by atoms with van der Waals surface area (Å²) in [5, 5.41) is 7.67. The molecule has 0 radical (unpaired) electrons. The Labute approximate surface area is 212 Å². The van der Waals surface area contributed by atoms with Crippen molar-refractivity contribution in [3.8, 4) is 5.69 Å². The summed E-state index contributed by atoms with van der Waals surface area (Å²) >= 11 is 6.15. The molecular weight excluding hydrogens is 478 g/mol. The molecule has 1 aliphatic heterocycles. The highest BCUT2D eigenvalue weighted by Gasteiger charge is 2.30. The highest BCUT2D eigenvalue weighted by atomic mass is 35.5. The summed E-state index contributed by atoms with van der Waals surface area (Å²) in [6.45, 7) is 1.42. The number of piperidine rings is 1. The number of benzene rings is 2. The molecule has 0 bridgehead atoms. The van der Waals surface area contributed by atoms with Crippen LogP contribution in [0.4, 0.5) is 0 Å². The lowest BCUT2D eigenvalue weighted by molar-refractivity contribution is 0.0828. The number of nitrogens with zero attached hydrogens (tertiary/aromatic N) is 2. The van der Waals surface area contributed by atoms with E-state index in [1.54, 1.807) is 60.9 Å². The highest BCUT2D eigenvalue weighted by molar-refractivity contribution is 6.35. The number of H-pyrrole nitrogens is 1. The van der Waals surface area contributed by atoms with Gasteiger partial charge in [-0.1, -0.05) is 23.7 Å². The van der Waals surface area contributed by atoms with Gasteiger partial charge in [-0.15, -0.1) is 0 Å². The first-order valence-corrected chi connectivity index (χ1v) is 12.1. The lowest BCUT2D eigenvalue weighted by Gasteiger charge is -2.37. The van der Waals surface area contributed by atoms with E-state index in [9.17, 15) is 14.4 Å². The molecular formula is C27H26ClN5O3. The second-order valence-electron chi connectivity index (χ2n) is 9.06. The maximum absolute atomic E-state index is 13.1. The van der Waals surface area contributed by atoms with Crippen molar-refractivity contribution < 1.29 is 9.59 Å². The van der Waals surface area contributed by atoms with Crippen molar-refractivity contribution in [1.82, 2.24) is 25.1 Å². The van der Waals surface area contributed by atoms with E-state index in [0.717, 1.165) is 17.4 Å². The van der Waals surface area contributed by atoms with E-state index >= 15 is 0 Å². The van der Waals surface area contributed by atoms with Crippen molar-refractivity contribution >= 4 is 34.3 Å². The third-order valence-corrected chi connectivity index (χ3v) is 6.89. The molecule has 184 valence electrons. The van der Waals surface area contributed by atoms with Crippen LogP contribution in [0.15, 0.2) is 77.9 Å². The van der Waals surface area contributed by atoms with Gasteiger partial charge in [0.05, 0.1) is 17.1 Å². The van der Waals surface area contributed by atoms with Crippen molar-refractivity contribution in [2.45, 2.75) is 18.5 Å². The van der Waals surface area contributed by atoms with Crippen molar-refractivity contribution in [2.75, 3.05) is 20.1 Å². The molecule has 3 heterocycles. The molecule has 2 atom stereocenters. The molecule has 2 aromatic heterocycles. The minimum Gasteiger partial charge on any atom is -0.360 e. The van der Waals surface area contributed by atoms with Gasteiger partial charge in [-0.2, -0.15) is 0 Å². The van der Waals surface area contributed by atoms with Gasteiger partial charge in [-0.05, 0) is 62.5 Å². The van der Waals surface area contributed by atoms with Crippen LogP contribution in [-0.2, 0) is 0 Å². The summed E-state index contributed by atoms with van der Waals surface area (Å²) in [4.78, 5) is 43.4. The van der Waals surface area contributed by atoms with Gasteiger partial charge in [-0.3, -0.25) is 19.0 Å². The second-order valence-corrected chi connectivity index (χ2v) is 9.47. The van der Waals surface area contributed by atoms with Gasteiger partial charge >= 0.3 is 0 Å². The highest BCUT2D eigenvalue weighted by Crippen LogP contribution is 2.24. The molecule has 2 aromatic carbocycles. The van der Waals surface area contributed by atoms with Gasteiger partial charge in [0.15, 0.2) is 0 Å². The number of amides is 2. The van der Waals surface area contributed by atoms with Gasteiger partial charge in [0, 0.05) is 52.7 Å². The Hall–Kier alpha value is -3.88. The Balaban J connectivity index is 1.29. The second kappa shape index (κ2) is 10.0. The molecule has 2 amide bonds. The molecule has 1 saturated heterocycles. The van der Waals surface area contributed by atoms with E-state index in [2.05, 4.69) is 20.5 Å². The van der Waals surface area contributed by atoms with Crippen molar-refractivity contribution in [2.24, 2.45) is 0 Å². The number of hydrogen-bond acceptors (Lipinski definition) is 4. The Kier molecular flexibility index (Phi) is 6.63. The first kappa shape index (κ1) is 23.8. The standard InChI is InChI=1S/C27H26ClN5O3/c1-32-13-11-22(30-27(36)18-7-10-20-21(28)15-29-23(20)14-18)24(16-32)31-26(35)17-5-8-19(9-6-17)33-12-3-2-4-25(33)34/h2-10,12,14-15,22,24,29H,11,13,16H2,1H3,(H,30,36)(H,31,35)/t22-,24+/m0/s1. The van der Waals surface area contributed by atoms with E-state index in [-0.39, 0.29) is 29.5 Å². The summed E-state index contributed by atoms with van der Waals surface area (Å²) < 4.78 is 1.52. The molecule has 9 heteroatoms. The zero-order chi connectivity index (χ0) is 25.2. The normalized spacial score (nSPS) is 18.2. The van der Waals surface area contributed by atoms with Gasteiger partial charge in [0.1, 0.15) is 0 Å². The molecule has 8 nitrogen and oxygen atoms in total. The number of halogens is 1. The maximum atomic E-state index is 13.1. The Morgan fingerprint density at radius 2 is 1.69 bits per heavy atom. The minimum atomic E-state index is -0.264. The fraction of sp³-hybridized carbons (Fsp3) is 0.222. The SMILES string of the molecule is CN1CC[C@H](NC(=O)c2ccc3c(Cl)c[nH]c3c2)[C@H](NC(=O)c2ccc(-n3ccccc3=O)cc2)C1. The van der Waals surface area contributed by atoms with Crippen LogP contribution >= 0.6 is 11.6 Å². The quantitative estimate of drug-likeness (QED) is 0.389. The Morgan fingerprint density at radius 1 is 0.972 bits per heavy atom. The molecule has 0 saturated carbocycles. The van der Waals surface area contributed by atoms with Gasteiger partial charge < -0.3 is 20.5 Å². The molecule has 1 aliphatic rings. The predicted molar refractivity (Wildman–Crippen MR) is 140 cm³/mol. The Morgan fingerprint density at radius 3 is 2.47 bits per heavy atom. The third kappa shape index (κ3) is 4.91. The Bertz CT molecular complexity index is 1480. The lowest BCUT2D eigenvalue weighted by Crippen LogP contribution is -2.59. The number of fused-ring (bicyclic) bond motifs is 1. The molecule has 5 rings (SSSR count). The van der Waals surface area contributed by atoms with Crippen LogP contribution in [0.25, 0.3) is 16.6 Å². The van der Waals surface area contributed by atoms with E-state index in [1.165, 1.54) is 10.6 Å². The lowest BCUT2D eigenvalue weighted by atomic mass is 9.98. The van der Waals surface area contributed by atoms with Crippen LogP contribution < -0.4 is 16.2 Å². The minimum absolute atomic E-state index is 0.142. The summed E-state index contributed by atoms with van der Waals surface area (Å²) in [5.41, 5.74) is 2.34. The summed E-state index contributed by atoms with van der Waals surface area (Å²) in [5.74, 6) is -0.432. The van der Waals surface area contributed by atoms with E-state index in [4.69, 9.17) is 11.6 Å². The van der Waals surface area contributed by atoms with E-state index in [1.807, 2.05) is 13.1 Å². The summed E-state index contributed by atoms with van der Waals surface area (Å²) in [6.07, 6.45) is 4.09. The predicted octanol–water partition coefficient (Wildman–Crippen LogP) is 3.20. The molecule has 1 fully saturated rings. The number of carbonyl (C=O) groups excluding carboxylic acids is 2. The molecule has 36 heavy (non-hydrogen) atoms. The summed E-state index contributed by atoms with van der Waals surface area (Å²) in [6, 6.07) is 16.7. The van der Waals surface area contributed by atoms with Crippen LogP contribution in [0.5, 0.6) is 0 Å². The topological polar surface area (TPSA) is 99.2 Å². The van der Waals surface area contributed by atoms with Crippen LogP contribution in [0.3, 0.4) is 0 Å². The average Bonchev–Trinajstić information content (AvgIpc) is 3.26. The smallest absolute Gasteiger partial charge is 0.255 e. The van der Waals surface area contributed by atoms with Crippen LogP contribution in [0, 0.1) is 0 Å². The fourth-order valence-electron chi connectivity index (χ4n) is 4.58. The molecule has 4 aromatic rings. The number of aromatic nitrogens is 2. The first-order chi connectivity index (χ1) is 17.4. The third-order valence-electron chi connectivity index (χ3n) is 6.57. The zero-order valence-corrected chi connectivity index (χ0v) is 20.5. The van der Waals surface area contributed by atoms with Gasteiger partial charge in [0.25, 0.3) is 17.4 Å². The molecule has 0 spiro atoms. The maximum Gasteiger partial charge on any atom is 0.255 e. The number of nitrogens with one attached hydrogen (secondary N) is 3. The number of rotatable bonds is 5. The molecule has 0 aliphatic carbocycles. The zero-order valence-electron chi connectivity index (χ0n) is 19.7. The number of aromatic amines is 1. The number of pyridine rings is 1. The first-order valence-electron chi connectivity index (χ1n) is 11.7. The summed E-state index contributed by atoms with van der Waals surface area (Å²) in [7, 11) is 1.99. The van der Waals surface area contributed by atoms with Crippen LogP contribution in [0.2, 0.25) is 5.02 Å². The van der Waals surface area contributed by atoms with Crippen molar-refractivity contribution in [1.29, 1.82) is 0 Å². The van der Waals surface area contributed by atoms with Crippen LogP contribution in [-0.4, -0.2) is 58.5 Å². The number of likely N-dealkylation sites (tertiary alicyclic amines) is 1. The number of likely N-dealkylation sites (N-methyl/N-ethyl adjacent to an activating group) is 1. The van der Waals surface area contributed by atoms with Crippen LogP contribution in [0.1, 0.15) is 27.1 Å². The number of carbonyl (C=O) groups is 2. The average molecular weight is 504 g/mol. The monoisotopic (exact) mass is 503 g/mol. The molecule has 3 N–H and O–H groups in total. The van der Waals surface area contributed by atoms with Crippen molar-refractivity contribution in [3.05, 3.63) is 99.6 Å². The van der Waals surface area contributed by atoms with Crippen molar-refractivity contribution in [3.63, 3.8) is 0 Å². The van der Waals surface area contributed by atoms with Gasteiger partial charge in [-0.25, -0.2) is 0 Å². The number of hydrogen-bond donors (Lipinski definition) is 3. The van der Waals surface area contributed by atoms with E-state index < -0.39 is 0 Å². The molecule has 0 unspecified atom stereocenters. The largest absolute Gasteiger partial charge is 0.360 e. The fourth-order valence-corrected chi connectivity index (χ4v) is 4.80. The van der Waals surface area contributed by atoms with Gasteiger partial charge in [0.2, 0.25) is 0 Å².